The second kappa shape index (κ2) is 5.65. The zero-order valence-electron chi connectivity index (χ0n) is 12.7. The van der Waals surface area contributed by atoms with Crippen LogP contribution in [0.5, 0.6) is 0 Å². The van der Waals surface area contributed by atoms with Gasteiger partial charge in [0.25, 0.3) is 10.2 Å². The fraction of sp³-hybridized carbons (Fsp3) is 1.00. The van der Waals surface area contributed by atoms with Gasteiger partial charge in [-0.1, -0.05) is 0 Å². The molecule has 1 aliphatic heterocycles. The number of hydrogen-bond donors (Lipinski definition) is 2. The average Bonchev–Trinajstić information content (AvgIpc) is 2.26. The summed E-state index contributed by atoms with van der Waals surface area (Å²) in [4.78, 5) is 2.25. The van der Waals surface area contributed by atoms with Crippen LogP contribution in [0.4, 0.5) is 0 Å². The highest BCUT2D eigenvalue weighted by atomic mass is 32.2. The highest BCUT2D eigenvalue weighted by molar-refractivity contribution is 7.87. The van der Waals surface area contributed by atoms with Crippen molar-refractivity contribution in [3.8, 4) is 0 Å². The van der Waals surface area contributed by atoms with E-state index in [1.54, 1.807) is 0 Å². The summed E-state index contributed by atoms with van der Waals surface area (Å²) >= 11 is 0. The summed E-state index contributed by atoms with van der Waals surface area (Å²) in [6.07, 6.45) is 0. The molecule has 1 heterocycles. The normalized spacial score (nSPS) is 20.7. The lowest BCUT2D eigenvalue weighted by molar-refractivity contribution is 0.0842. The van der Waals surface area contributed by atoms with Gasteiger partial charge in [-0.2, -0.15) is 17.4 Å². The van der Waals surface area contributed by atoms with Gasteiger partial charge in [-0.05, 0) is 34.6 Å². The number of rotatable bonds is 4. The van der Waals surface area contributed by atoms with Gasteiger partial charge < -0.3 is 5.73 Å². The van der Waals surface area contributed by atoms with Crippen LogP contribution >= 0.6 is 0 Å². The Bertz CT molecular complexity index is 392. The first kappa shape index (κ1) is 16.8. The molecule has 6 nitrogen and oxygen atoms in total. The van der Waals surface area contributed by atoms with Gasteiger partial charge in [-0.3, -0.25) is 4.90 Å². The smallest absolute Gasteiger partial charge is 0.280 e. The van der Waals surface area contributed by atoms with Gasteiger partial charge in [0.2, 0.25) is 0 Å². The molecule has 0 atom stereocenters. The highest BCUT2D eigenvalue weighted by Gasteiger charge is 2.34. The van der Waals surface area contributed by atoms with Crippen LogP contribution in [0.3, 0.4) is 0 Å². The predicted molar refractivity (Wildman–Crippen MR) is 78.1 cm³/mol. The molecule has 0 unspecified atom stereocenters. The van der Waals surface area contributed by atoms with E-state index >= 15 is 0 Å². The van der Waals surface area contributed by atoms with Crippen molar-refractivity contribution in [3.63, 3.8) is 0 Å². The van der Waals surface area contributed by atoms with Gasteiger partial charge in [0.1, 0.15) is 0 Å². The second-order valence-corrected chi connectivity index (χ2v) is 8.43. The lowest BCUT2D eigenvalue weighted by Crippen LogP contribution is -2.60. The first-order chi connectivity index (χ1) is 8.48. The fourth-order valence-electron chi connectivity index (χ4n) is 2.11. The number of nitrogens with two attached hydrogens (primary N) is 1. The van der Waals surface area contributed by atoms with Crippen LogP contribution in [0.25, 0.3) is 0 Å². The van der Waals surface area contributed by atoms with E-state index in [2.05, 4.69) is 23.5 Å². The van der Waals surface area contributed by atoms with E-state index in [0.29, 0.717) is 19.6 Å². The summed E-state index contributed by atoms with van der Waals surface area (Å²) in [5.41, 5.74) is 5.23. The molecule has 0 amide bonds. The molecule has 1 aliphatic rings. The van der Waals surface area contributed by atoms with Gasteiger partial charge in [-0.25, -0.2) is 0 Å². The maximum Gasteiger partial charge on any atom is 0.280 e. The number of nitrogens with one attached hydrogen (secondary N) is 1. The van der Waals surface area contributed by atoms with Crippen LogP contribution in [0, 0.1) is 0 Å². The molecular formula is C12H28N4O2S. The van der Waals surface area contributed by atoms with Crippen molar-refractivity contribution in [2.24, 2.45) is 5.73 Å². The standard InChI is InChI=1S/C12H28N4O2S/c1-11(2,3)14-19(17,18)16-8-6-15(7-9-16)12(4,5)10-13/h14H,6-10,13H2,1-5H3. The Morgan fingerprint density at radius 3 is 1.89 bits per heavy atom. The molecule has 1 fully saturated rings. The van der Waals surface area contributed by atoms with Gasteiger partial charge in [0.05, 0.1) is 0 Å². The summed E-state index contributed by atoms with van der Waals surface area (Å²) < 4.78 is 28.6. The largest absolute Gasteiger partial charge is 0.329 e. The van der Waals surface area contributed by atoms with Crippen molar-refractivity contribution in [2.45, 2.75) is 45.7 Å². The molecule has 0 radical (unpaired) electrons. The summed E-state index contributed by atoms with van der Waals surface area (Å²) in [6, 6.07) is 0. The molecular weight excluding hydrogens is 264 g/mol. The van der Waals surface area contributed by atoms with Gasteiger partial charge in [0, 0.05) is 43.8 Å². The van der Waals surface area contributed by atoms with Crippen molar-refractivity contribution in [2.75, 3.05) is 32.7 Å². The molecule has 1 saturated heterocycles. The Kier molecular flexibility index (Phi) is 5.01. The zero-order valence-corrected chi connectivity index (χ0v) is 13.5. The molecule has 114 valence electrons. The monoisotopic (exact) mass is 292 g/mol. The van der Waals surface area contributed by atoms with E-state index in [-0.39, 0.29) is 5.54 Å². The van der Waals surface area contributed by atoms with E-state index in [0.717, 1.165) is 13.1 Å². The van der Waals surface area contributed by atoms with E-state index in [9.17, 15) is 8.42 Å². The maximum atomic E-state index is 12.2. The van der Waals surface area contributed by atoms with E-state index < -0.39 is 15.7 Å². The van der Waals surface area contributed by atoms with E-state index in [1.165, 1.54) is 4.31 Å². The van der Waals surface area contributed by atoms with Crippen molar-refractivity contribution >= 4 is 10.2 Å². The molecule has 0 spiro atoms. The molecule has 0 aromatic rings. The van der Waals surface area contributed by atoms with Crippen molar-refractivity contribution in [1.82, 2.24) is 13.9 Å². The molecule has 0 aromatic carbocycles. The number of nitrogens with zero attached hydrogens (tertiary/aromatic N) is 2. The number of piperazine rings is 1. The predicted octanol–water partition coefficient (Wildman–Crippen LogP) is -0.0258. The van der Waals surface area contributed by atoms with Crippen molar-refractivity contribution in [1.29, 1.82) is 0 Å². The third-order valence-corrected chi connectivity index (χ3v) is 5.28. The summed E-state index contributed by atoms with van der Waals surface area (Å²) in [5, 5.41) is 0. The first-order valence-corrected chi connectivity index (χ1v) is 8.16. The Labute approximate surface area is 117 Å². The fourth-order valence-corrected chi connectivity index (χ4v) is 3.66. The van der Waals surface area contributed by atoms with Crippen LogP contribution in [-0.4, -0.2) is 61.4 Å². The Morgan fingerprint density at radius 1 is 1.05 bits per heavy atom. The van der Waals surface area contributed by atoms with Gasteiger partial charge in [-0.15, -0.1) is 0 Å². The summed E-state index contributed by atoms with van der Waals surface area (Å²) in [5.74, 6) is 0. The van der Waals surface area contributed by atoms with Crippen LogP contribution in [0.1, 0.15) is 34.6 Å². The molecule has 0 saturated carbocycles. The molecule has 1 rings (SSSR count). The minimum Gasteiger partial charge on any atom is -0.329 e. The lowest BCUT2D eigenvalue weighted by atomic mass is 10.0. The lowest BCUT2D eigenvalue weighted by Gasteiger charge is -2.43. The minimum absolute atomic E-state index is 0.0761. The SMILES string of the molecule is CC(C)(C)NS(=O)(=O)N1CCN(C(C)(C)CN)CC1. The molecule has 19 heavy (non-hydrogen) atoms. The molecule has 0 aliphatic carbocycles. The summed E-state index contributed by atoms with van der Waals surface area (Å²) in [7, 11) is -3.39. The van der Waals surface area contributed by atoms with Crippen LogP contribution in [0.15, 0.2) is 0 Å². The molecule has 7 heteroatoms. The molecule has 0 bridgehead atoms. The zero-order chi connectivity index (χ0) is 14.9. The van der Waals surface area contributed by atoms with Crippen molar-refractivity contribution < 1.29 is 8.42 Å². The van der Waals surface area contributed by atoms with Crippen LogP contribution in [-0.2, 0) is 10.2 Å². The number of hydrogen-bond acceptors (Lipinski definition) is 4. The average molecular weight is 292 g/mol. The molecule has 3 N–H and O–H groups in total. The van der Waals surface area contributed by atoms with Crippen LogP contribution in [0.2, 0.25) is 0 Å². The second-order valence-electron chi connectivity index (χ2n) is 6.76. The van der Waals surface area contributed by atoms with Gasteiger partial charge >= 0.3 is 0 Å². The molecule has 0 aromatic heterocycles. The first-order valence-electron chi connectivity index (χ1n) is 6.72. The Morgan fingerprint density at radius 2 is 1.53 bits per heavy atom. The summed E-state index contributed by atoms with van der Waals surface area (Å²) in [6.45, 7) is 12.7. The third-order valence-electron chi connectivity index (χ3n) is 3.37. The van der Waals surface area contributed by atoms with Crippen molar-refractivity contribution in [3.05, 3.63) is 0 Å². The van der Waals surface area contributed by atoms with E-state index in [4.69, 9.17) is 5.73 Å². The highest BCUT2D eigenvalue weighted by Crippen LogP contribution is 2.17. The quantitative estimate of drug-likeness (QED) is 0.763. The maximum absolute atomic E-state index is 12.2. The Balaban J connectivity index is 2.64. The Hall–Kier alpha value is -0.210. The minimum atomic E-state index is -3.39. The topological polar surface area (TPSA) is 78.7 Å². The van der Waals surface area contributed by atoms with Crippen LogP contribution < -0.4 is 10.5 Å². The van der Waals surface area contributed by atoms with E-state index in [1.807, 2.05) is 20.8 Å². The van der Waals surface area contributed by atoms with Gasteiger partial charge in [0.15, 0.2) is 0 Å². The third kappa shape index (κ3) is 4.68.